The Labute approximate surface area is 101 Å². The van der Waals surface area contributed by atoms with Crippen LogP contribution in [0.4, 0.5) is 5.69 Å². The van der Waals surface area contributed by atoms with Gasteiger partial charge in [0, 0.05) is 11.9 Å². The predicted octanol–water partition coefficient (Wildman–Crippen LogP) is 2.07. The number of nitrogens with two attached hydrogens (primary N) is 1. The van der Waals surface area contributed by atoms with E-state index in [9.17, 15) is 0 Å². The first-order valence-electron chi connectivity index (χ1n) is 6.26. The van der Waals surface area contributed by atoms with Gasteiger partial charge in [-0.05, 0) is 38.1 Å². The smallest absolute Gasteiger partial charge is 0.130 e. The fraction of sp³-hybridized carbons (Fsp3) is 0.462. The van der Waals surface area contributed by atoms with Gasteiger partial charge in [0.1, 0.15) is 5.82 Å². The van der Waals surface area contributed by atoms with Crippen LogP contribution >= 0.6 is 0 Å². The fourth-order valence-electron chi connectivity index (χ4n) is 2.77. The molecule has 17 heavy (non-hydrogen) atoms. The Kier molecular flexibility index (Phi) is 2.52. The van der Waals surface area contributed by atoms with Gasteiger partial charge in [0.25, 0.3) is 0 Å². The van der Waals surface area contributed by atoms with Gasteiger partial charge in [0.15, 0.2) is 0 Å². The van der Waals surface area contributed by atoms with Gasteiger partial charge in [-0.3, -0.25) is 4.90 Å². The highest BCUT2D eigenvalue weighted by atomic mass is 15.2. The predicted molar refractivity (Wildman–Crippen MR) is 68.8 cm³/mol. The summed E-state index contributed by atoms with van der Waals surface area (Å²) in [6.45, 7) is 4.47. The lowest BCUT2D eigenvalue weighted by Crippen LogP contribution is -2.24. The highest BCUT2D eigenvalue weighted by Crippen LogP contribution is 2.31. The Bertz CT molecular complexity index is 531. The van der Waals surface area contributed by atoms with E-state index in [0.29, 0.717) is 6.04 Å². The first kappa shape index (κ1) is 10.6. The van der Waals surface area contributed by atoms with Crippen LogP contribution in [-0.2, 0) is 0 Å². The summed E-state index contributed by atoms with van der Waals surface area (Å²) in [7, 11) is 0. The fourth-order valence-corrected chi connectivity index (χ4v) is 2.77. The lowest BCUT2D eigenvalue weighted by molar-refractivity contribution is 0.261. The molecule has 0 aliphatic carbocycles. The number of hydrogen-bond donors (Lipinski definition) is 1. The number of likely N-dealkylation sites (tertiary alicyclic amines) is 1. The topological polar surface area (TPSA) is 46.6 Å². The Morgan fingerprint density at radius 3 is 3.18 bits per heavy atom. The summed E-state index contributed by atoms with van der Waals surface area (Å²) in [5.74, 6) is 1.13. The van der Waals surface area contributed by atoms with Crippen LogP contribution in [0, 0.1) is 0 Å². The lowest BCUT2D eigenvalue weighted by Gasteiger charge is -2.21. The third kappa shape index (κ3) is 1.69. The van der Waals surface area contributed by atoms with Crippen LogP contribution in [0.5, 0.6) is 0 Å². The van der Waals surface area contributed by atoms with E-state index in [-0.39, 0.29) is 0 Å². The van der Waals surface area contributed by atoms with Crippen molar-refractivity contribution in [1.29, 1.82) is 0 Å². The summed E-state index contributed by atoms with van der Waals surface area (Å²) in [5, 5.41) is 0. The van der Waals surface area contributed by atoms with Crippen LogP contribution in [0.3, 0.4) is 0 Å². The molecule has 0 spiro atoms. The monoisotopic (exact) mass is 230 g/mol. The summed E-state index contributed by atoms with van der Waals surface area (Å²) in [6.07, 6.45) is 6.36. The molecular weight excluding hydrogens is 212 g/mol. The summed E-state index contributed by atoms with van der Waals surface area (Å²) in [6, 6.07) is 4.40. The zero-order valence-corrected chi connectivity index (χ0v) is 10.1. The van der Waals surface area contributed by atoms with E-state index in [0.717, 1.165) is 23.6 Å². The molecule has 1 aliphatic rings. The Morgan fingerprint density at radius 1 is 1.47 bits per heavy atom. The van der Waals surface area contributed by atoms with Crippen molar-refractivity contribution in [3.63, 3.8) is 0 Å². The molecule has 3 rings (SSSR count). The number of pyridine rings is 1. The number of imidazole rings is 1. The van der Waals surface area contributed by atoms with Gasteiger partial charge in [-0.2, -0.15) is 0 Å². The van der Waals surface area contributed by atoms with E-state index in [2.05, 4.69) is 21.2 Å². The molecular formula is C13H18N4. The SMILES string of the molecule is CCN1CCCC1c1ncc2ccc(N)cn12. The number of nitrogen functional groups attached to an aromatic ring is 1. The molecule has 0 aromatic carbocycles. The number of hydrogen-bond acceptors (Lipinski definition) is 3. The molecule has 1 atom stereocenters. The van der Waals surface area contributed by atoms with Crippen molar-refractivity contribution in [2.75, 3.05) is 18.8 Å². The second-order valence-electron chi connectivity index (χ2n) is 4.66. The van der Waals surface area contributed by atoms with Crippen LogP contribution in [0.2, 0.25) is 0 Å². The summed E-state index contributed by atoms with van der Waals surface area (Å²) >= 11 is 0. The normalized spacial score (nSPS) is 21.4. The molecule has 1 saturated heterocycles. The third-order valence-electron chi connectivity index (χ3n) is 3.65. The second kappa shape index (κ2) is 4.04. The highest BCUT2D eigenvalue weighted by molar-refractivity contribution is 5.52. The van der Waals surface area contributed by atoms with E-state index in [1.54, 1.807) is 0 Å². The van der Waals surface area contributed by atoms with Crippen LogP contribution in [0.25, 0.3) is 5.52 Å². The van der Waals surface area contributed by atoms with Gasteiger partial charge in [0.2, 0.25) is 0 Å². The summed E-state index contributed by atoms with van der Waals surface area (Å²) in [4.78, 5) is 7.07. The van der Waals surface area contributed by atoms with Crippen molar-refractivity contribution < 1.29 is 0 Å². The molecule has 90 valence electrons. The number of fused-ring (bicyclic) bond motifs is 1. The average molecular weight is 230 g/mol. The number of aromatic nitrogens is 2. The lowest BCUT2D eigenvalue weighted by atomic mass is 10.2. The molecule has 0 radical (unpaired) electrons. The van der Waals surface area contributed by atoms with Crippen LogP contribution in [0.15, 0.2) is 24.5 Å². The molecule has 3 heterocycles. The Hall–Kier alpha value is -1.55. The van der Waals surface area contributed by atoms with Crippen LogP contribution in [-0.4, -0.2) is 27.4 Å². The molecule has 0 saturated carbocycles. The first-order valence-corrected chi connectivity index (χ1v) is 6.26. The molecule has 2 aromatic rings. The minimum absolute atomic E-state index is 0.448. The van der Waals surface area contributed by atoms with Gasteiger partial charge in [-0.15, -0.1) is 0 Å². The summed E-state index contributed by atoms with van der Waals surface area (Å²) < 4.78 is 2.13. The zero-order chi connectivity index (χ0) is 11.8. The van der Waals surface area contributed by atoms with E-state index in [4.69, 9.17) is 5.73 Å². The van der Waals surface area contributed by atoms with Crippen molar-refractivity contribution in [2.24, 2.45) is 0 Å². The number of rotatable bonds is 2. The first-order chi connectivity index (χ1) is 8.29. The van der Waals surface area contributed by atoms with Crippen molar-refractivity contribution in [2.45, 2.75) is 25.8 Å². The average Bonchev–Trinajstić information content (AvgIpc) is 2.93. The molecule has 1 aliphatic heterocycles. The van der Waals surface area contributed by atoms with Crippen molar-refractivity contribution in [3.05, 3.63) is 30.4 Å². The maximum absolute atomic E-state index is 5.86. The maximum Gasteiger partial charge on any atom is 0.130 e. The number of nitrogens with zero attached hydrogens (tertiary/aromatic N) is 3. The molecule has 4 nitrogen and oxygen atoms in total. The maximum atomic E-state index is 5.86. The van der Waals surface area contributed by atoms with Crippen molar-refractivity contribution in [1.82, 2.24) is 14.3 Å². The van der Waals surface area contributed by atoms with Gasteiger partial charge in [0.05, 0.1) is 17.8 Å². The number of anilines is 1. The standard InChI is InChI=1S/C13H18N4/c1-2-16-7-3-4-12(16)13-15-8-11-6-5-10(14)9-17(11)13/h5-6,8-9,12H,2-4,7,14H2,1H3. The van der Waals surface area contributed by atoms with Gasteiger partial charge in [-0.1, -0.05) is 6.92 Å². The molecule has 2 aromatic heterocycles. The highest BCUT2D eigenvalue weighted by Gasteiger charge is 2.27. The second-order valence-corrected chi connectivity index (χ2v) is 4.66. The molecule has 0 amide bonds. The van der Waals surface area contributed by atoms with E-state index >= 15 is 0 Å². The third-order valence-corrected chi connectivity index (χ3v) is 3.65. The molecule has 2 N–H and O–H groups in total. The van der Waals surface area contributed by atoms with E-state index in [1.165, 1.54) is 19.4 Å². The van der Waals surface area contributed by atoms with E-state index < -0.39 is 0 Å². The van der Waals surface area contributed by atoms with Gasteiger partial charge in [-0.25, -0.2) is 4.98 Å². The zero-order valence-electron chi connectivity index (χ0n) is 10.1. The minimum atomic E-state index is 0.448. The van der Waals surface area contributed by atoms with Crippen LogP contribution < -0.4 is 5.73 Å². The summed E-state index contributed by atoms with van der Waals surface area (Å²) in [5.41, 5.74) is 7.77. The molecule has 0 bridgehead atoms. The van der Waals surface area contributed by atoms with Gasteiger partial charge < -0.3 is 10.1 Å². The molecule has 1 unspecified atom stereocenters. The van der Waals surface area contributed by atoms with Gasteiger partial charge >= 0.3 is 0 Å². The Balaban J connectivity index is 2.07. The van der Waals surface area contributed by atoms with Crippen molar-refractivity contribution >= 4 is 11.2 Å². The minimum Gasteiger partial charge on any atom is -0.398 e. The molecule has 1 fully saturated rings. The Morgan fingerprint density at radius 2 is 2.35 bits per heavy atom. The van der Waals surface area contributed by atoms with E-state index in [1.807, 2.05) is 24.5 Å². The quantitative estimate of drug-likeness (QED) is 0.859. The van der Waals surface area contributed by atoms with Crippen LogP contribution in [0.1, 0.15) is 31.6 Å². The largest absolute Gasteiger partial charge is 0.398 e. The molecule has 4 heteroatoms. The van der Waals surface area contributed by atoms with Crippen molar-refractivity contribution in [3.8, 4) is 0 Å².